The lowest BCUT2D eigenvalue weighted by Gasteiger charge is -2.04. The number of fused-ring (bicyclic) bond motifs is 1. The summed E-state index contributed by atoms with van der Waals surface area (Å²) < 4.78 is 49.8. The summed E-state index contributed by atoms with van der Waals surface area (Å²) in [6, 6.07) is 6.17. The molecule has 25 heavy (non-hydrogen) atoms. The van der Waals surface area contributed by atoms with Crippen molar-refractivity contribution in [2.24, 2.45) is 7.05 Å². The molecular formula is C16H10F3N3O3. The largest absolute Gasteiger partial charge is 0.451 e. The number of oxazole rings is 1. The van der Waals surface area contributed by atoms with Gasteiger partial charge in [0.1, 0.15) is 17.3 Å². The number of halogens is 3. The van der Waals surface area contributed by atoms with Crippen LogP contribution in [0.4, 0.5) is 13.2 Å². The molecule has 0 N–H and O–H groups in total. The number of carbonyl (C=O) groups is 1. The minimum Gasteiger partial charge on any atom is -0.451 e. The average molecular weight is 349 g/mol. The van der Waals surface area contributed by atoms with Crippen LogP contribution in [0.5, 0.6) is 0 Å². The second-order valence-corrected chi connectivity index (χ2v) is 5.20. The van der Waals surface area contributed by atoms with Gasteiger partial charge in [-0.25, -0.2) is 9.78 Å². The fraction of sp³-hybridized carbons (Fsp3) is 0.188. The summed E-state index contributed by atoms with van der Waals surface area (Å²) in [5.41, 5.74) is -0.205. The van der Waals surface area contributed by atoms with E-state index in [9.17, 15) is 18.0 Å². The summed E-state index contributed by atoms with van der Waals surface area (Å²) in [5.74, 6) is -0.736. The zero-order chi connectivity index (χ0) is 18.2. The third kappa shape index (κ3) is 3.33. The molecule has 0 spiro atoms. The molecule has 0 aliphatic rings. The molecule has 0 saturated carbocycles. The fourth-order valence-corrected chi connectivity index (χ4v) is 2.24. The van der Waals surface area contributed by atoms with Gasteiger partial charge in [0.2, 0.25) is 5.89 Å². The van der Waals surface area contributed by atoms with Gasteiger partial charge in [0, 0.05) is 13.2 Å². The van der Waals surface area contributed by atoms with Crippen LogP contribution in [0.15, 0.2) is 34.9 Å². The van der Waals surface area contributed by atoms with Crippen molar-refractivity contribution in [3.63, 3.8) is 0 Å². The normalized spacial score (nSPS) is 11.5. The van der Waals surface area contributed by atoms with Gasteiger partial charge in [-0.2, -0.15) is 18.4 Å². The molecule has 3 rings (SSSR count). The Morgan fingerprint density at radius 1 is 1.40 bits per heavy atom. The van der Waals surface area contributed by atoms with E-state index in [1.54, 1.807) is 7.05 Å². The van der Waals surface area contributed by atoms with Crippen LogP contribution in [0.3, 0.4) is 0 Å². The first kappa shape index (κ1) is 16.6. The number of carbonyl (C=O) groups excluding carboxylic acids is 1. The maximum Gasteiger partial charge on any atom is 0.416 e. The van der Waals surface area contributed by atoms with Crippen LogP contribution < -0.4 is 0 Å². The smallest absolute Gasteiger partial charge is 0.416 e. The summed E-state index contributed by atoms with van der Waals surface area (Å²) >= 11 is 0. The number of nitriles is 1. The molecular weight excluding hydrogens is 339 g/mol. The predicted octanol–water partition coefficient (Wildman–Crippen LogP) is 3.41. The van der Waals surface area contributed by atoms with E-state index in [2.05, 4.69) is 4.98 Å². The molecule has 2 aromatic heterocycles. The Labute approximate surface area is 139 Å². The quantitative estimate of drug-likeness (QED) is 0.677. The van der Waals surface area contributed by atoms with E-state index in [1.807, 2.05) is 6.07 Å². The molecule has 0 fully saturated rings. The van der Waals surface area contributed by atoms with Crippen LogP contribution in [-0.2, 0) is 24.6 Å². The van der Waals surface area contributed by atoms with Crippen LogP contribution in [0.1, 0.15) is 27.5 Å². The molecule has 0 aliphatic carbocycles. The summed E-state index contributed by atoms with van der Waals surface area (Å²) in [6.07, 6.45) is -3.01. The van der Waals surface area contributed by atoms with Crippen LogP contribution in [0, 0.1) is 11.3 Å². The minimum atomic E-state index is -4.48. The Morgan fingerprint density at radius 2 is 2.16 bits per heavy atom. The average Bonchev–Trinajstić information content (AvgIpc) is 3.13. The summed E-state index contributed by atoms with van der Waals surface area (Å²) in [7, 11) is 1.58. The molecule has 128 valence electrons. The standard InChI is InChI=1S/C16H10F3N3O3/c1-22-7-9(6-20)4-12(22)15(23)24-8-14-21-11-5-10(16(17,18)19)2-3-13(11)25-14/h2-5,7H,8H2,1H3. The number of benzene rings is 1. The van der Waals surface area contributed by atoms with E-state index in [1.165, 1.54) is 16.8 Å². The van der Waals surface area contributed by atoms with Crippen molar-refractivity contribution < 1.29 is 27.1 Å². The van der Waals surface area contributed by atoms with Crippen molar-refractivity contribution in [1.29, 1.82) is 5.26 Å². The van der Waals surface area contributed by atoms with Crippen LogP contribution in [0.25, 0.3) is 11.1 Å². The zero-order valence-electron chi connectivity index (χ0n) is 12.8. The highest BCUT2D eigenvalue weighted by atomic mass is 19.4. The Balaban J connectivity index is 1.76. The van der Waals surface area contributed by atoms with Gasteiger partial charge in [0.25, 0.3) is 0 Å². The Kier molecular flexibility index (Phi) is 3.96. The van der Waals surface area contributed by atoms with Crippen molar-refractivity contribution >= 4 is 17.1 Å². The number of esters is 1. The SMILES string of the molecule is Cn1cc(C#N)cc1C(=O)OCc1nc2cc(C(F)(F)F)ccc2o1. The molecule has 6 nitrogen and oxygen atoms in total. The van der Waals surface area contributed by atoms with Crippen molar-refractivity contribution in [1.82, 2.24) is 9.55 Å². The highest BCUT2D eigenvalue weighted by Gasteiger charge is 2.31. The predicted molar refractivity (Wildman–Crippen MR) is 78.3 cm³/mol. The summed E-state index contributed by atoms with van der Waals surface area (Å²) in [5, 5.41) is 8.80. The molecule has 0 unspecified atom stereocenters. The van der Waals surface area contributed by atoms with Crippen molar-refractivity contribution in [3.05, 3.63) is 53.2 Å². The monoisotopic (exact) mass is 349 g/mol. The Bertz CT molecular complexity index is 996. The number of aryl methyl sites for hydroxylation is 1. The highest BCUT2D eigenvalue weighted by molar-refractivity contribution is 5.88. The van der Waals surface area contributed by atoms with E-state index < -0.39 is 17.7 Å². The number of hydrogen-bond donors (Lipinski definition) is 0. The number of alkyl halides is 3. The maximum absolute atomic E-state index is 12.7. The number of rotatable bonds is 3. The number of hydrogen-bond acceptors (Lipinski definition) is 5. The van der Waals surface area contributed by atoms with Gasteiger partial charge in [-0.15, -0.1) is 0 Å². The third-order valence-corrected chi connectivity index (χ3v) is 3.43. The number of aromatic nitrogens is 2. The van der Waals surface area contributed by atoms with Gasteiger partial charge >= 0.3 is 12.1 Å². The molecule has 0 saturated heterocycles. The molecule has 0 atom stereocenters. The molecule has 0 aliphatic heterocycles. The first-order chi connectivity index (χ1) is 11.8. The van der Waals surface area contributed by atoms with Crippen LogP contribution in [-0.4, -0.2) is 15.5 Å². The lowest BCUT2D eigenvalue weighted by molar-refractivity contribution is -0.137. The highest BCUT2D eigenvalue weighted by Crippen LogP contribution is 2.31. The Morgan fingerprint density at radius 3 is 2.80 bits per heavy atom. The first-order valence-corrected chi connectivity index (χ1v) is 6.98. The van der Waals surface area contributed by atoms with E-state index >= 15 is 0 Å². The van der Waals surface area contributed by atoms with E-state index in [0.717, 1.165) is 18.2 Å². The molecule has 2 heterocycles. The van der Waals surface area contributed by atoms with Gasteiger partial charge in [0.05, 0.1) is 11.1 Å². The van der Waals surface area contributed by atoms with Gasteiger partial charge in [0.15, 0.2) is 12.2 Å². The molecule has 3 aromatic rings. The fourth-order valence-electron chi connectivity index (χ4n) is 2.24. The summed E-state index contributed by atoms with van der Waals surface area (Å²) in [6.45, 7) is -0.345. The lowest BCUT2D eigenvalue weighted by Crippen LogP contribution is -2.09. The first-order valence-electron chi connectivity index (χ1n) is 6.98. The van der Waals surface area contributed by atoms with Crippen molar-refractivity contribution in [3.8, 4) is 6.07 Å². The van der Waals surface area contributed by atoms with Crippen LogP contribution >= 0.6 is 0 Å². The maximum atomic E-state index is 12.7. The van der Waals surface area contributed by atoms with E-state index in [-0.39, 0.29) is 29.3 Å². The van der Waals surface area contributed by atoms with Crippen molar-refractivity contribution in [2.75, 3.05) is 0 Å². The van der Waals surface area contributed by atoms with Gasteiger partial charge in [-0.3, -0.25) is 0 Å². The van der Waals surface area contributed by atoms with Gasteiger partial charge in [-0.1, -0.05) is 0 Å². The molecule has 0 amide bonds. The summed E-state index contributed by atoms with van der Waals surface area (Å²) in [4.78, 5) is 15.9. The zero-order valence-corrected chi connectivity index (χ0v) is 12.8. The second-order valence-electron chi connectivity index (χ2n) is 5.20. The second kappa shape index (κ2) is 5.98. The lowest BCUT2D eigenvalue weighted by atomic mass is 10.2. The van der Waals surface area contributed by atoms with Gasteiger partial charge < -0.3 is 13.7 Å². The van der Waals surface area contributed by atoms with E-state index in [4.69, 9.17) is 14.4 Å². The van der Waals surface area contributed by atoms with Gasteiger partial charge in [-0.05, 0) is 24.3 Å². The Hall–Kier alpha value is -3.28. The molecule has 1 aromatic carbocycles. The van der Waals surface area contributed by atoms with Crippen LogP contribution in [0.2, 0.25) is 0 Å². The molecule has 0 radical (unpaired) electrons. The molecule has 9 heteroatoms. The van der Waals surface area contributed by atoms with Crippen molar-refractivity contribution in [2.45, 2.75) is 12.8 Å². The molecule has 0 bridgehead atoms. The minimum absolute atomic E-state index is 0.0199. The third-order valence-electron chi connectivity index (χ3n) is 3.43. The number of ether oxygens (including phenoxy) is 1. The topological polar surface area (TPSA) is 81.0 Å². The number of nitrogens with zero attached hydrogens (tertiary/aromatic N) is 3. The van der Waals surface area contributed by atoms with E-state index in [0.29, 0.717) is 5.56 Å².